The predicted molar refractivity (Wildman–Crippen MR) is 70.2 cm³/mol. The van der Waals surface area contributed by atoms with E-state index in [0.29, 0.717) is 24.0 Å². The molecule has 2 rings (SSSR count). The number of methoxy groups -OCH3 is 2. The average Bonchev–Trinajstić information content (AvgIpc) is 2.43. The molecule has 102 valence electrons. The van der Waals surface area contributed by atoms with Gasteiger partial charge in [0, 0.05) is 0 Å². The van der Waals surface area contributed by atoms with E-state index in [1.54, 1.807) is 0 Å². The molecule has 1 fully saturated rings. The Morgan fingerprint density at radius 1 is 1.11 bits per heavy atom. The SMILES string of the molecule is C=C1C(=C)[C@@]2(C(=O)OC)CC=C(C)C[C@@]12C(=O)OC. The molecule has 4 nitrogen and oxygen atoms in total. The first-order valence-corrected chi connectivity index (χ1v) is 6.10. The van der Waals surface area contributed by atoms with Crippen molar-refractivity contribution in [2.45, 2.75) is 19.8 Å². The van der Waals surface area contributed by atoms with Gasteiger partial charge >= 0.3 is 11.9 Å². The minimum absolute atomic E-state index is 0.401. The summed E-state index contributed by atoms with van der Waals surface area (Å²) in [5.74, 6) is -0.887. The third kappa shape index (κ3) is 1.29. The monoisotopic (exact) mass is 262 g/mol. The third-order valence-electron chi connectivity index (χ3n) is 4.49. The summed E-state index contributed by atoms with van der Waals surface area (Å²) in [6.07, 6.45) is 2.78. The second-order valence-electron chi connectivity index (χ2n) is 5.18. The number of carbonyl (C=O) groups excluding carboxylic acids is 2. The van der Waals surface area contributed by atoms with Crippen LogP contribution in [-0.4, -0.2) is 26.2 Å². The van der Waals surface area contributed by atoms with Crippen molar-refractivity contribution in [3.05, 3.63) is 36.0 Å². The Balaban J connectivity index is 2.66. The number of hydrogen-bond donors (Lipinski definition) is 0. The fraction of sp³-hybridized carbons (Fsp3) is 0.467. The van der Waals surface area contributed by atoms with Crippen LogP contribution in [0.5, 0.6) is 0 Å². The van der Waals surface area contributed by atoms with Gasteiger partial charge < -0.3 is 9.47 Å². The van der Waals surface area contributed by atoms with E-state index in [2.05, 4.69) is 13.2 Å². The van der Waals surface area contributed by atoms with Crippen molar-refractivity contribution in [3.63, 3.8) is 0 Å². The van der Waals surface area contributed by atoms with E-state index in [1.807, 2.05) is 13.0 Å². The second-order valence-corrected chi connectivity index (χ2v) is 5.18. The number of carbonyl (C=O) groups is 2. The van der Waals surface area contributed by atoms with E-state index in [0.717, 1.165) is 5.57 Å². The van der Waals surface area contributed by atoms with Crippen molar-refractivity contribution in [1.29, 1.82) is 0 Å². The van der Waals surface area contributed by atoms with Crippen molar-refractivity contribution in [2.75, 3.05) is 14.2 Å². The number of fused-ring (bicyclic) bond motifs is 1. The average molecular weight is 262 g/mol. The predicted octanol–water partition coefficient (Wildman–Crippen LogP) is 2.17. The normalized spacial score (nSPS) is 32.9. The minimum atomic E-state index is -1.05. The maximum Gasteiger partial charge on any atom is 0.318 e. The first kappa shape index (κ1) is 13.6. The summed E-state index contributed by atoms with van der Waals surface area (Å²) in [7, 11) is 2.64. The second kappa shape index (κ2) is 4.08. The van der Waals surface area contributed by atoms with E-state index in [1.165, 1.54) is 14.2 Å². The van der Waals surface area contributed by atoms with Crippen LogP contribution >= 0.6 is 0 Å². The van der Waals surface area contributed by atoms with Crippen molar-refractivity contribution in [3.8, 4) is 0 Å². The highest BCUT2D eigenvalue weighted by molar-refractivity contribution is 6.01. The standard InChI is InChI=1S/C15H18O4/c1-9-6-7-14(12(16)18-4)10(2)11(3)15(14,8-9)13(17)19-5/h6H,2-3,7-8H2,1,4-5H3/t14-,15+/m1/s1. The van der Waals surface area contributed by atoms with E-state index in [-0.39, 0.29) is 0 Å². The topological polar surface area (TPSA) is 52.6 Å². The molecule has 0 aromatic rings. The van der Waals surface area contributed by atoms with Gasteiger partial charge in [0.2, 0.25) is 0 Å². The van der Waals surface area contributed by atoms with E-state index in [9.17, 15) is 9.59 Å². The van der Waals surface area contributed by atoms with Gasteiger partial charge in [0.1, 0.15) is 10.8 Å². The van der Waals surface area contributed by atoms with Crippen molar-refractivity contribution in [1.82, 2.24) is 0 Å². The summed E-state index contributed by atoms with van der Waals surface area (Å²) < 4.78 is 9.84. The lowest BCUT2D eigenvalue weighted by Crippen LogP contribution is -2.64. The van der Waals surface area contributed by atoms with Crippen LogP contribution in [0, 0.1) is 10.8 Å². The maximum absolute atomic E-state index is 12.3. The molecule has 0 heterocycles. The fourth-order valence-corrected chi connectivity index (χ4v) is 3.44. The molecule has 0 radical (unpaired) electrons. The molecule has 0 amide bonds. The van der Waals surface area contributed by atoms with Crippen LogP contribution in [0.2, 0.25) is 0 Å². The molecule has 0 spiro atoms. The van der Waals surface area contributed by atoms with Crippen molar-refractivity contribution < 1.29 is 19.1 Å². The summed E-state index contributed by atoms with van der Waals surface area (Å²) in [6.45, 7) is 9.77. The molecule has 0 aliphatic heterocycles. The molecular formula is C15H18O4. The highest BCUT2D eigenvalue weighted by atomic mass is 16.5. The van der Waals surface area contributed by atoms with E-state index < -0.39 is 22.8 Å². The van der Waals surface area contributed by atoms with Crippen LogP contribution in [0.4, 0.5) is 0 Å². The Labute approximate surface area is 112 Å². The van der Waals surface area contributed by atoms with Gasteiger partial charge in [-0.15, -0.1) is 0 Å². The Morgan fingerprint density at radius 2 is 1.58 bits per heavy atom. The number of esters is 2. The molecule has 0 saturated heterocycles. The largest absolute Gasteiger partial charge is 0.468 e. The Morgan fingerprint density at radius 3 is 2.11 bits per heavy atom. The van der Waals surface area contributed by atoms with Crippen molar-refractivity contribution >= 4 is 11.9 Å². The van der Waals surface area contributed by atoms with E-state index >= 15 is 0 Å². The number of allylic oxidation sites excluding steroid dienone is 2. The highest BCUT2D eigenvalue weighted by Crippen LogP contribution is 2.70. The summed E-state index contributed by atoms with van der Waals surface area (Å²) in [5.41, 5.74) is 0.0974. The Bertz CT molecular complexity index is 528. The summed E-state index contributed by atoms with van der Waals surface area (Å²) in [5, 5.41) is 0. The molecule has 0 aromatic heterocycles. The van der Waals surface area contributed by atoms with Gasteiger partial charge in [-0.1, -0.05) is 24.8 Å². The van der Waals surface area contributed by atoms with Gasteiger partial charge in [-0.05, 0) is 30.9 Å². The van der Waals surface area contributed by atoms with Crippen LogP contribution in [0.1, 0.15) is 19.8 Å². The minimum Gasteiger partial charge on any atom is -0.468 e. The zero-order valence-electron chi connectivity index (χ0n) is 11.5. The molecule has 4 heteroatoms. The molecule has 19 heavy (non-hydrogen) atoms. The smallest absolute Gasteiger partial charge is 0.318 e. The molecular weight excluding hydrogens is 244 g/mol. The molecule has 2 atom stereocenters. The summed E-state index contributed by atoms with van der Waals surface area (Å²) in [4.78, 5) is 24.6. The lowest BCUT2D eigenvalue weighted by atomic mass is 9.40. The maximum atomic E-state index is 12.3. The van der Waals surface area contributed by atoms with Crippen LogP contribution in [0.15, 0.2) is 36.0 Å². The molecule has 1 saturated carbocycles. The van der Waals surface area contributed by atoms with Crippen LogP contribution in [0.3, 0.4) is 0 Å². The zero-order valence-corrected chi connectivity index (χ0v) is 11.5. The van der Waals surface area contributed by atoms with Crippen molar-refractivity contribution in [2.24, 2.45) is 10.8 Å². The summed E-state index contributed by atoms with van der Waals surface area (Å²) >= 11 is 0. The number of hydrogen-bond acceptors (Lipinski definition) is 4. The lowest BCUT2D eigenvalue weighted by molar-refractivity contribution is -0.177. The quantitative estimate of drug-likeness (QED) is 0.565. The Kier molecular flexibility index (Phi) is 2.92. The fourth-order valence-electron chi connectivity index (χ4n) is 3.44. The van der Waals surface area contributed by atoms with Gasteiger partial charge in [-0.2, -0.15) is 0 Å². The first-order valence-electron chi connectivity index (χ1n) is 6.10. The first-order chi connectivity index (χ1) is 8.88. The number of ether oxygens (including phenoxy) is 2. The van der Waals surface area contributed by atoms with E-state index in [4.69, 9.17) is 9.47 Å². The number of rotatable bonds is 2. The molecule has 2 aliphatic carbocycles. The molecule has 2 aliphatic rings. The van der Waals surface area contributed by atoms with Gasteiger partial charge in [0.05, 0.1) is 14.2 Å². The lowest BCUT2D eigenvalue weighted by Gasteiger charge is -2.59. The molecule has 0 N–H and O–H groups in total. The summed E-state index contributed by atoms with van der Waals surface area (Å²) in [6, 6.07) is 0. The van der Waals surface area contributed by atoms with Gasteiger partial charge in [0.25, 0.3) is 0 Å². The molecule has 0 unspecified atom stereocenters. The molecule has 0 aromatic carbocycles. The van der Waals surface area contributed by atoms with Gasteiger partial charge in [-0.25, -0.2) is 0 Å². The van der Waals surface area contributed by atoms with Crippen LogP contribution in [0.25, 0.3) is 0 Å². The highest BCUT2D eigenvalue weighted by Gasteiger charge is 2.74. The third-order valence-corrected chi connectivity index (χ3v) is 4.49. The van der Waals surface area contributed by atoms with Gasteiger partial charge in [0.15, 0.2) is 0 Å². The molecule has 0 bridgehead atoms. The zero-order chi connectivity index (χ0) is 14.4. The van der Waals surface area contributed by atoms with Crippen LogP contribution < -0.4 is 0 Å². The Hall–Kier alpha value is -1.84. The van der Waals surface area contributed by atoms with Crippen LogP contribution in [-0.2, 0) is 19.1 Å². The van der Waals surface area contributed by atoms with Gasteiger partial charge in [-0.3, -0.25) is 9.59 Å².